The molecule has 0 aliphatic heterocycles. The zero-order valence-electron chi connectivity index (χ0n) is 9.51. The fraction of sp³-hybridized carbons (Fsp3) is 0.0714. The normalized spacial score (nSPS) is 10.4. The maximum Gasteiger partial charge on any atom is 0.193 e. The molecule has 0 unspecified atom stereocenters. The minimum Gasteiger partial charge on any atom is -0.289 e. The number of carbonyl (C=O) groups excluding carboxylic acids is 1. The highest BCUT2D eigenvalue weighted by Gasteiger charge is 2.11. The Balaban J connectivity index is 2.41. The molecule has 0 aromatic heterocycles. The molecule has 0 heterocycles. The minimum absolute atomic E-state index is 0.0656. The molecule has 0 amide bonds. The first-order valence-corrected chi connectivity index (χ1v) is 6.80. The van der Waals surface area contributed by atoms with Gasteiger partial charge in [0.2, 0.25) is 0 Å². The maximum atomic E-state index is 12.3. The monoisotopic (exact) mass is 342 g/mol. The van der Waals surface area contributed by atoms with Crippen LogP contribution >= 0.6 is 39.1 Å². The highest BCUT2D eigenvalue weighted by Crippen LogP contribution is 2.25. The lowest BCUT2D eigenvalue weighted by atomic mass is 10.0. The van der Waals surface area contributed by atoms with Crippen LogP contribution < -0.4 is 0 Å². The van der Waals surface area contributed by atoms with Crippen LogP contribution in [0.3, 0.4) is 0 Å². The summed E-state index contributed by atoms with van der Waals surface area (Å²) in [5, 5.41) is 0.830. The van der Waals surface area contributed by atoms with Crippen LogP contribution in [0.2, 0.25) is 10.0 Å². The second-order valence-corrected chi connectivity index (χ2v) is 5.59. The molecule has 2 aromatic carbocycles. The average molecular weight is 344 g/mol. The van der Waals surface area contributed by atoms with Gasteiger partial charge in [-0.25, -0.2) is 0 Å². The van der Waals surface area contributed by atoms with E-state index in [9.17, 15) is 4.79 Å². The van der Waals surface area contributed by atoms with Crippen molar-refractivity contribution in [3.63, 3.8) is 0 Å². The van der Waals surface area contributed by atoms with Crippen molar-refractivity contribution >= 4 is 44.9 Å². The predicted molar refractivity (Wildman–Crippen MR) is 78.8 cm³/mol. The molecule has 0 bridgehead atoms. The SMILES string of the molecule is Cc1cc(C(=O)c2ccc(Cl)c(Cl)c2)ccc1Br. The topological polar surface area (TPSA) is 17.1 Å². The zero-order valence-corrected chi connectivity index (χ0v) is 12.6. The fourth-order valence-electron chi connectivity index (χ4n) is 1.59. The molecule has 92 valence electrons. The highest BCUT2D eigenvalue weighted by atomic mass is 79.9. The number of hydrogen-bond donors (Lipinski definition) is 0. The third-order valence-electron chi connectivity index (χ3n) is 2.60. The van der Waals surface area contributed by atoms with Gasteiger partial charge in [-0.05, 0) is 48.9 Å². The number of ketones is 1. The Bertz CT molecular complexity index is 570. The van der Waals surface area contributed by atoms with Crippen molar-refractivity contribution in [3.05, 3.63) is 67.6 Å². The van der Waals surface area contributed by atoms with Crippen LogP contribution in [-0.4, -0.2) is 5.78 Å². The molecular formula is C14H9BrCl2O. The van der Waals surface area contributed by atoms with Crippen molar-refractivity contribution in [2.75, 3.05) is 0 Å². The summed E-state index contributed by atoms with van der Waals surface area (Å²) in [5.41, 5.74) is 2.18. The van der Waals surface area contributed by atoms with Gasteiger partial charge in [0, 0.05) is 15.6 Å². The van der Waals surface area contributed by atoms with E-state index in [2.05, 4.69) is 15.9 Å². The summed E-state index contributed by atoms with van der Waals surface area (Å²) in [6, 6.07) is 10.4. The standard InChI is InChI=1S/C14H9BrCl2O/c1-8-6-9(2-4-11(8)15)14(18)10-3-5-12(16)13(17)7-10/h2-7H,1H3. The van der Waals surface area contributed by atoms with E-state index < -0.39 is 0 Å². The molecule has 0 saturated heterocycles. The van der Waals surface area contributed by atoms with Crippen molar-refractivity contribution in [1.29, 1.82) is 0 Å². The molecule has 0 radical (unpaired) electrons. The molecular weight excluding hydrogens is 335 g/mol. The van der Waals surface area contributed by atoms with E-state index in [-0.39, 0.29) is 5.78 Å². The van der Waals surface area contributed by atoms with Gasteiger partial charge in [0.25, 0.3) is 0 Å². The molecule has 0 saturated carbocycles. The summed E-state index contributed by atoms with van der Waals surface area (Å²) in [4.78, 5) is 12.3. The van der Waals surface area contributed by atoms with Crippen molar-refractivity contribution in [3.8, 4) is 0 Å². The molecule has 0 spiro atoms. The smallest absolute Gasteiger partial charge is 0.193 e. The largest absolute Gasteiger partial charge is 0.289 e. The van der Waals surface area contributed by atoms with E-state index >= 15 is 0 Å². The highest BCUT2D eigenvalue weighted by molar-refractivity contribution is 9.10. The Morgan fingerprint density at radius 2 is 1.61 bits per heavy atom. The van der Waals surface area contributed by atoms with Gasteiger partial charge in [-0.1, -0.05) is 39.1 Å². The first kappa shape index (κ1) is 13.6. The third-order valence-corrected chi connectivity index (χ3v) is 4.23. The van der Waals surface area contributed by atoms with Crippen LogP contribution in [0, 0.1) is 6.92 Å². The minimum atomic E-state index is -0.0656. The van der Waals surface area contributed by atoms with Crippen LogP contribution in [0.15, 0.2) is 40.9 Å². The fourth-order valence-corrected chi connectivity index (χ4v) is 2.13. The first-order chi connectivity index (χ1) is 8.49. The van der Waals surface area contributed by atoms with Gasteiger partial charge in [-0.2, -0.15) is 0 Å². The zero-order chi connectivity index (χ0) is 13.3. The predicted octanol–water partition coefficient (Wildman–Crippen LogP) is 5.30. The van der Waals surface area contributed by atoms with E-state index in [1.807, 2.05) is 19.1 Å². The summed E-state index contributed by atoms with van der Waals surface area (Å²) in [6.07, 6.45) is 0. The molecule has 0 N–H and O–H groups in total. The Hall–Kier alpha value is -0.830. The lowest BCUT2D eigenvalue weighted by Crippen LogP contribution is -2.01. The maximum absolute atomic E-state index is 12.3. The number of rotatable bonds is 2. The number of halogens is 3. The summed E-state index contributed by atoms with van der Waals surface area (Å²) >= 11 is 15.1. The van der Waals surface area contributed by atoms with Gasteiger partial charge >= 0.3 is 0 Å². The number of benzene rings is 2. The van der Waals surface area contributed by atoms with Crippen LogP contribution in [0.4, 0.5) is 0 Å². The van der Waals surface area contributed by atoms with Gasteiger partial charge in [-0.15, -0.1) is 0 Å². The van der Waals surface area contributed by atoms with Crippen molar-refractivity contribution in [1.82, 2.24) is 0 Å². The van der Waals surface area contributed by atoms with E-state index in [0.717, 1.165) is 10.0 Å². The first-order valence-electron chi connectivity index (χ1n) is 5.25. The molecule has 2 aromatic rings. The lowest BCUT2D eigenvalue weighted by molar-refractivity contribution is 0.103. The van der Waals surface area contributed by atoms with Crippen LogP contribution in [-0.2, 0) is 0 Å². The van der Waals surface area contributed by atoms with Crippen molar-refractivity contribution in [2.45, 2.75) is 6.92 Å². The molecule has 0 aliphatic carbocycles. The number of carbonyl (C=O) groups is 1. The molecule has 4 heteroatoms. The van der Waals surface area contributed by atoms with Gasteiger partial charge in [0.05, 0.1) is 10.0 Å². The number of aryl methyl sites for hydroxylation is 1. The summed E-state index contributed by atoms with van der Waals surface area (Å²) in [5.74, 6) is -0.0656. The van der Waals surface area contributed by atoms with Crippen molar-refractivity contribution in [2.24, 2.45) is 0 Å². The van der Waals surface area contributed by atoms with Crippen molar-refractivity contribution < 1.29 is 4.79 Å². The summed E-state index contributed by atoms with van der Waals surface area (Å²) < 4.78 is 0.980. The van der Waals surface area contributed by atoms with Crippen LogP contribution in [0.25, 0.3) is 0 Å². The number of hydrogen-bond acceptors (Lipinski definition) is 1. The van der Waals surface area contributed by atoms with Crippen LogP contribution in [0.5, 0.6) is 0 Å². The molecule has 0 aliphatic rings. The third kappa shape index (κ3) is 2.77. The average Bonchev–Trinajstić information content (AvgIpc) is 2.35. The Morgan fingerprint density at radius 1 is 1.00 bits per heavy atom. The summed E-state index contributed by atoms with van der Waals surface area (Å²) in [7, 11) is 0. The Kier molecular flexibility index (Phi) is 4.10. The van der Waals surface area contributed by atoms with Gasteiger partial charge in [0.1, 0.15) is 0 Å². The van der Waals surface area contributed by atoms with E-state index in [1.165, 1.54) is 0 Å². The van der Waals surface area contributed by atoms with Gasteiger partial charge in [-0.3, -0.25) is 4.79 Å². The Morgan fingerprint density at radius 3 is 2.22 bits per heavy atom. The molecule has 2 rings (SSSR count). The molecule has 18 heavy (non-hydrogen) atoms. The second-order valence-electron chi connectivity index (χ2n) is 3.92. The summed E-state index contributed by atoms with van der Waals surface area (Å²) in [6.45, 7) is 1.94. The molecule has 0 atom stereocenters. The van der Waals surface area contributed by atoms with E-state index in [0.29, 0.717) is 21.2 Å². The quantitative estimate of drug-likeness (QED) is 0.676. The lowest BCUT2D eigenvalue weighted by Gasteiger charge is -2.05. The Labute approximate surface area is 124 Å². The second kappa shape index (κ2) is 5.43. The molecule has 1 nitrogen and oxygen atoms in total. The molecule has 0 fully saturated rings. The van der Waals surface area contributed by atoms with E-state index in [1.54, 1.807) is 24.3 Å². The van der Waals surface area contributed by atoms with Gasteiger partial charge < -0.3 is 0 Å². The van der Waals surface area contributed by atoms with Crippen LogP contribution in [0.1, 0.15) is 21.5 Å². The van der Waals surface area contributed by atoms with E-state index in [4.69, 9.17) is 23.2 Å². The van der Waals surface area contributed by atoms with Gasteiger partial charge in [0.15, 0.2) is 5.78 Å².